The maximum absolute atomic E-state index is 12.2. The van der Waals surface area contributed by atoms with Gasteiger partial charge < -0.3 is 15.0 Å². The van der Waals surface area contributed by atoms with E-state index in [4.69, 9.17) is 4.74 Å². The molecule has 0 saturated carbocycles. The number of piperidine rings is 1. The molecule has 1 aromatic carbocycles. The van der Waals surface area contributed by atoms with Crippen LogP contribution in [0, 0.1) is 19.8 Å². The van der Waals surface area contributed by atoms with Crippen molar-refractivity contribution in [2.75, 3.05) is 29.9 Å². The molecule has 1 aromatic heterocycles. The van der Waals surface area contributed by atoms with Gasteiger partial charge in [-0.2, -0.15) is 0 Å². The smallest absolute Gasteiger partial charge is 0.263 e. The minimum absolute atomic E-state index is 0.0525. The highest BCUT2D eigenvalue weighted by Crippen LogP contribution is 2.22. The van der Waals surface area contributed by atoms with Gasteiger partial charge in [0.05, 0.1) is 0 Å². The Hall–Kier alpha value is -2.63. The van der Waals surface area contributed by atoms with Gasteiger partial charge in [-0.05, 0) is 55.9 Å². The third kappa shape index (κ3) is 4.71. The molecule has 1 amide bonds. The van der Waals surface area contributed by atoms with Gasteiger partial charge >= 0.3 is 0 Å². The Kier molecular flexibility index (Phi) is 5.71. The number of carbonyl (C=O) groups is 1. The highest BCUT2D eigenvalue weighted by molar-refractivity contribution is 5.91. The quantitative estimate of drug-likeness (QED) is 0.892. The zero-order chi connectivity index (χ0) is 18.5. The summed E-state index contributed by atoms with van der Waals surface area (Å²) in [6, 6.07) is 7.61. The molecule has 1 aliphatic heterocycles. The number of ether oxygens (including phenoxy) is 1. The van der Waals surface area contributed by atoms with E-state index in [1.807, 2.05) is 38.1 Å². The van der Waals surface area contributed by atoms with Gasteiger partial charge in [0.2, 0.25) is 0 Å². The van der Waals surface area contributed by atoms with Gasteiger partial charge in [0.15, 0.2) is 6.61 Å². The van der Waals surface area contributed by atoms with Crippen molar-refractivity contribution in [3.05, 3.63) is 41.7 Å². The zero-order valence-corrected chi connectivity index (χ0v) is 15.7. The molecule has 2 aromatic rings. The van der Waals surface area contributed by atoms with Crippen molar-refractivity contribution in [1.82, 2.24) is 9.97 Å². The monoisotopic (exact) mass is 354 g/mol. The maximum atomic E-state index is 12.2. The van der Waals surface area contributed by atoms with Gasteiger partial charge in [-0.25, -0.2) is 9.97 Å². The highest BCUT2D eigenvalue weighted by Gasteiger charge is 2.17. The Balaban J connectivity index is 1.55. The average molecular weight is 354 g/mol. The normalized spacial score (nSPS) is 15.0. The molecular formula is C20H26N4O2. The second kappa shape index (κ2) is 8.17. The largest absolute Gasteiger partial charge is 0.484 e. The maximum Gasteiger partial charge on any atom is 0.263 e. The van der Waals surface area contributed by atoms with Crippen molar-refractivity contribution in [1.29, 1.82) is 0 Å². The Labute approximate surface area is 154 Å². The van der Waals surface area contributed by atoms with Crippen LogP contribution in [0.2, 0.25) is 0 Å². The molecule has 0 unspecified atom stereocenters. The van der Waals surface area contributed by atoms with E-state index in [1.165, 1.54) is 11.9 Å². The van der Waals surface area contributed by atoms with Crippen LogP contribution in [-0.4, -0.2) is 35.6 Å². The van der Waals surface area contributed by atoms with Crippen LogP contribution in [0.5, 0.6) is 5.75 Å². The van der Waals surface area contributed by atoms with Gasteiger partial charge in [-0.3, -0.25) is 4.79 Å². The van der Waals surface area contributed by atoms with Crippen LogP contribution in [0.15, 0.2) is 30.6 Å². The van der Waals surface area contributed by atoms with Crippen LogP contribution in [0.3, 0.4) is 0 Å². The number of carbonyl (C=O) groups excluding carboxylic acids is 1. The molecule has 0 aliphatic carbocycles. The van der Waals surface area contributed by atoms with Crippen molar-refractivity contribution in [3.63, 3.8) is 0 Å². The van der Waals surface area contributed by atoms with Crippen molar-refractivity contribution in [2.24, 2.45) is 5.92 Å². The van der Waals surface area contributed by atoms with Crippen LogP contribution in [-0.2, 0) is 4.79 Å². The molecule has 0 bridgehead atoms. The molecule has 1 fully saturated rings. The lowest BCUT2D eigenvalue weighted by atomic mass is 9.99. The summed E-state index contributed by atoms with van der Waals surface area (Å²) in [7, 11) is 0. The van der Waals surface area contributed by atoms with Gasteiger partial charge in [0, 0.05) is 19.2 Å². The first-order valence-electron chi connectivity index (χ1n) is 9.08. The third-order valence-corrected chi connectivity index (χ3v) is 4.88. The lowest BCUT2D eigenvalue weighted by Crippen LogP contribution is -2.33. The van der Waals surface area contributed by atoms with Crippen LogP contribution in [0.4, 0.5) is 11.6 Å². The van der Waals surface area contributed by atoms with E-state index in [2.05, 4.69) is 27.1 Å². The van der Waals surface area contributed by atoms with Crippen molar-refractivity contribution >= 4 is 17.5 Å². The molecule has 1 N–H and O–H groups in total. The fourth-order valence-electron chi connectivity index (χ4n) is 2.96. The van der Waals surface area contributed by atoms with Crippen LogP contribution in [0.1, 0.15) is 30.9 Å². The fraction of sp³-hybridized carbons (Fsp3) is 0.450. The number of nitrogens with zero attached hydrogens (tertiary/aromatic N) is 3. The molecule has 0 atom stereocenters. The second-order valence-electron chi connectivity index (χ2n) is 7.01. The molecule has 6 nitrogen and oxygen atoms in total. The summed E-state index contributed by atoms with van der Waals surface area (Å²) in [5.41, 5.74) is 2.33. The SMILES string of the molecule is Cc1ccc(OCC(=O)Nc2cc(N3CCC(C)CC3)ncn2)cc1C. The fourth-order valence-corrected chi connectivity index (χ4v) is 2.96. The number of hydrogen-bond acceptors (Lipinski definition) is 5. The van der Waals surface area contributed by atoms with Crippen molar-refractivity contribution in [3.8, 4) is 5.75 Å². The minimum atomic E-state index is -0.236. The number of aromatic nitrogens is 2. The molecule has 2 heterocycles. The minimum Gasteiger partial charge on any atom is -0.484 e. The second-order valence-corrected chi connectivity index (χ2v) is 7.01. The van der Waals surface area contributed by atoms with Crippen molar-refractivity contribution in [2.45, 2.75) is 33.6 Å². The summed E-state index contributed by atoms with van der Waals surface area (Å²) in [6.07, 6.45) is 3.82. The zero-order valence-electron chi connectivity index (χ0n) is 15.7. The molecule has 138 valence electrons. The van der Waals surface area contributed by atoms with Gasteiger partial charge in [0.25, 0.3) is 5.91 Å². The Morgan fingerprint density at radius 2 is 1.96 bits per heavy atom. The van der Waals surface area contributed by atoms with Crippen molar-refractivity contribution < 1.29 is 9.53 Å². The van der Waals surface area contributed by atoms with E-state index in [-0.39, 0.29) is 12.5 Å². The van der Waals surface area contributed by atoms with E-state index in [9.17, 15) is 4.79 Å². The summed E-state index contributed by atoms with van der Waals surface area (Å²) < 4.78 is 5.57. The lowest BCUT2D eigenvalue weighted by Gasteiger charge is -2.31. The number of anilines is 2. The summed E-state index contributed by atoms with van der Waals surface area (Å²) in [5, 5.41) is 2.78. The van der Waals surface area contributed by atoms with E-state index in [1.54, 1.807) is 0 Å². The first kappa shape index (κ1) is 18.2. The lowest BCUT2D eigenvalue weighted by molar-refractivity contribution is -0.118. The highest BCUT2D eigenvalue weighted by atomic mass is 16.5. The Bertz CT molecular complexity index is 770. The number of benzene rings is 1. The summed E-state index contributed by atoms with van der Waals surface area (Å²) >= 11 is 0. The Morgan fingerprint density at radius 1 is 1.19 bits per heavy atom. The van der Waals surface area contributed by atoms with Crippen LogP contribution >= 0.6 is 0 Å². The predicted octanol–water partition coefficient (Wildman–Crippen LogP) is 3.35. The standard InChI is InChI=1S/C20H26N4O2/c1-14-6-8-24(9-7-14)19-11-18(21-13-22-19)23-20(25)12-26-17-5-4-15(2)16(3)10-17/h4-5,10-11,13-14H,6-9,12H2,1-3H3,(H,21,22,23,25). The molecule has 6 heteroatoms. The molecule has 26 heavy (non-hydrogen) atoms. The first-order chi connectivity index (χ1) is 12.5. The van der Waals surface area contributed by atoms with Crippen LogP contribution < -0.4 is 15.0 Å². The molecule has 0 radical (unpaired) electrons. The van der Waals surface area contributed by atoms with E-state index >= 15 is 0 Å². The number of aryl methyl sites for hydroxylation is 2. The topological polar surface area (TPSA) is 67.3 Å². The van der Waals surface area contributed by atoms with Gasteiger partial charge in [0.1, 0.15) is 23.7 Å². The summed E-state index contributed by atoms with van der Waals surface area (Å²) in [5.74, 6) is 2.57. The number of amides is 1. The molecule has 1 saturated heterocycles. The molecule has 0 spiro atoms. The van der Waals surface area contributed by atoms with E-state index in [0.29, 0.717) is 11.6 Å². The van der Waals surface area contributed by atoms with Crippen LogP contribution in [0.25, 0.3) is 0 Å². The number of hydrogen-bond donors (Lipinski definition) is 1. The number of nitrogens with one attached hydrogen (secondary N) is 1. The molecule has 1 aliphatic rings. The number of rotatable bonds is 5. The predicted molar refractivity (Wildman–Crippen MR) is 103 cm³/mol. The van der Waals surface area contributed by atoms with Gasteiger partial charge in [-0.15, -0.1) is 0 Å². The molecule has 3 rings (SSSR count). The molecular weight excluding hydrogens is 328 g/mol. The third-order valence-electron chi connectivity index (χ3n) is 4.88. The average Bonchev–Trinajstić information content (AvgIpc) is 2.63. The summed E-state index contributed by atoms with van der Waals surface area (Å²) in [4.78, 5) is 22.9. The summed E-state index contributed by atoms with van der Waals surface area (Å²) in [6.45, 7) is 8.26. The van der Waals surface area contributed by atoms with E-state index < -0.39 is 0 Å². The van der Waals surface area contributed by atoms with E-state index in [0.717, 1.165) is 43.2 Å². The Morgan fingerprint density at radius 3 is 2.69 bits per heavy atom. The van der Waals surface area contributed by atoms with Gasteiger partial charge in [-0.1, -0.05) is 13.0 Å². The first-order valence-corrected chi connectivity index (χ1v) is 9.08.